The van der Waals surface area contributed by atoms with E-state index in [1.807, 2.05) is 35.8 Å². The molecule has 1 aliphatic heterocycles. The van der Waals surface area contributed by atoms with Gasteiger partial charge in [0.05, 0.1) is 24.3 Å². The molecule has 1 amide bonds. The third kappa shape index (κ3) is 4.44. The van der Waals surface area contributed by atoms with Crippen LogP contribution in [0.2, 0.25) is 0 Å². The number of hydrogen-bond acceptors (Lipinski definition) is 7. The molecular formula is C24H26N6O3. The Morgan fingerprint density at radius 1 is 1.27 bits per heavy atom. The summed E-state index contributed by atoms with van der Waals surface area (Å²) in [7, 11) is 0. The van der Waals surface area contributed by atoms with Crippen molar-refractivity contribution in [3.05, 3.63) is 47.4 Å². The number of aliphatic hydroxyl groups is 1. The minimum absolute atomic E-state index is 0.0128. The molecule has 0 radical (unpaired) electrons. The summed E-state index contributed by atoms with van der Waals surface area (Å²) in [6, 6.07) is 10.0. The van der Waals surface area contributed by atoms with Gasteiger partial charge in [0, 0.05) is 31.8 Å². The third-order valence-corrected chi connectivity index (χ3v) is 5.72. The van der Waals surface area contributed by atoms with Crippen molar-refractivity contribution in [1.82, 2.24) is 19.4 Å². The van der Waals surface area contributed by atoms with Gasteiger partial charge in [0.25, 0.3) is 5.91 Å². The molecule has 1 fully saturated rings. The molecule has 0 aliphatic carbocycles. The molecule has 0 saturated carbocycles. The zero-order valence-corrected chi connectivity index (χ0v) is 18.5. The number of ether oxygens (including phenoxy) is 1. The second-order valence-electron chi connectivity index (χ2n) is 7.89. The van der Waals surface area contributed by atoms with Crippen molar-refractivity contribution in [3.63, 3.8) is 0 Å². The molecule has 0 bridgehead atoms. The summed E-state index contributed by atoms with van der Waals surface area (Å²) < 4.78 is 7.22. The van der Waals surface area contributed by atoms with Gasteiger partial charge in [-0.05, 0) is 25.0 Å². The fraction of sp³-hybridized carbons (Fsp3) is 0.333. The summed E-state index contributed by atoms with van der Waals surface area (Å²) in [4.78, 5) is 23.4. The average Bonchev–Trinajstić information content (AvgIpc) is 3.15. The van der Waals surface area contributed by atoms with E-state index < -0.39 is 0 Å². The molecule has 0 spiro atoms. The van der Waals surface area contributed by atoms with Crippen LogP contribution >= 0.6 is 0 Å². The van der Waals surface area contributed by atoms with Gasteiger partial charge < -0.3 is 25.0 Å². The second-order valence-corrected chi connectivity index (χ2v) is 7.89. The van der Waals surface area contributed by atoms with Crippen LogP contribution in [0, 0.1) is 18.3 Å². The molecule has 1 aliphatic rings. The number of amides is 1. The lowest BCUT2D eigenvalue weighted by molar-refractivity contribution is -0.130. The lowest BCUT2D eigenvalue weighted by Gasteiger charge is -2.26. The van der Waals surface area contributed by atoms with Crippen LogP contribution in [0.1, 0.15) is 17.7 Å². The molecule has 9 nitrogen and oxygen atoms in total. The predicted molar refractivity (Wildman–Crippen MR) is 125 cm³/mol. The van der Waals surface area contributed by atoms with Gasteiger partial charge >= 0.3 is 0 Å². The molecule has 3 aromatic rings. The van der Waals surface area contributed by atoms with E-state index in [1.54, 1.807) is 11.0 Å². The maximum absolute atomic E-state index is 13.1. The average molecular weight is 447 g/mol. The number of nitrogens with zero attached hydrogens (tertiary/aromatic N) is 5. The molecular weight excluding hydrogens is 420 g/mol. The van der Waals surface area contributed by atoms with Crippen molar-refractivity contribution in [1.29, 1.82) is 5.26 Å². The first-order valence-corrected chi connectivity index (χ1v) is 10.8. The summed E-state index contributed by atoms with van der Waals surface area (Å²) >= 11 is 0. The lowest BCUT2D eigenvalue weighted by Crippen LogP contribution is -2.41. The zero-order chi connectivity index (χ0) is 23.4. The molecule has 170 valence electrons. The number of hydrogen-bond donors (Lipinski definition) is 2. The van der Waals surface area contributed by atoms with Crippen molar-refractivity contribution in [2.75, 3.05) is 38.6 Å². The van der Waals surface area contributed by atoms with Crippen LogP contribution in [0.3, 0.4) is 0 Å². The number of carbonyl (C=O) groups is 1. The Labute approximate surface area is 191 Å². The number of benzene rings is 1. The molecule has 0 unspecified atom stereocenters. The van der Waals surface area contributed by atoms with Crippen LogP contribution in [0.5, 0.6) is 0 Å². The molecule has 3 N–H and O–H groups in total. The largest absolute Gasteiger partial charge is 0.396 e. The normalized spacial score (nSPS) is 14.5. The van der Waals surface area contributed by atoms with E-state index in [-0.39, 0.29) is 18.1 Å². The maximum Gasteiger partial charge on any atom is 0.264 e. The Hall–Kier alpha value is -3.74. The summed E-state index contributed by atoms with van der Waals surface area (Å²) in [5.41, 5.74) is 10.3. The van der Waals surface area contributed by atoms with Gasteiger partial charge in [0.1, 0.15) is 29.4 Å². The Morgan fingerprint density at radius 3 is 2.67 bits per heavy atom. The van der Waals surface area contributed by atoms with Gasteiger partial charge in [-0.25, -0.2) is 9.97 Å². The number of nitriles is 1. The first-order valence-electron chi connectivity index (χ1n) is 10.8. The number of aliphatic hydroxyl groups excluding tert-OH is 1. The van der Waals surface area contributed by atoms with Crippen LogP contribution in [-0.2, 0) is 16.1 Å². The van der Waals surface area contributed by atoms with Crippen LogP contribution in [0.15, 0.2) is 36.2 Å². The highest BCUT2D eigenvalue weighted by Crippen LogP contribution is 2.38. The van der Waals surface area contributed by atoms with E-state index in [2.05, 4.69) is 16.0 Å². The van der Waals surface area contributed by atoms with Gasteiger partial charge in [0.2, 0.25) is 0 Å². The SMILES string of the molecule is Cc1ccc(-c2c(/C=C(\C#N)C(=O)N3CCOCC3)n(CCCO)c3ncnc(N)c23)cc1. The summed E-state index contributed by atoms with van der Waals surface area (Å²) in [6.45, 7) is 4.20. The number of nitrogens with two attached hydrogens (primary N) is 1. The molecule has 3 heterocycles. The number of nitrogen functional groups attached to an aromatic ring is 1. The van der Waals surface area contributed by atoms with Crippen molar-refractivity contribution in [2.45, 2.75) is 19.9 Å². The van der Waals surface area contributed by atoms with Crippen molar-refractivity contribution < 1.29 is 14.6 Å². The fourth-order valence-corrected chi connectivity index (χ4v) is 4.04. The first kappa shape index (κ1) is 22.5. The van der Waals surface area contributed by atoms with Gasteiger partial charge in [-0.15, -0.1) is 0 Å². The first-order chi connectivity index (χ1) is 16.0. The fourth-order valence-electron chi connectivity index (χ4n) is 4.04. The van der Waals surface area contributed by atoms with E-state index in [0.717, 1.165) is 16.7 Å². The van der Waals surface area contributed by atoms with E-state index >= 15 is 0 Å². The van der Waals surface area contributed by atoms with Crippen molar-refractivity contribution in [2.24, 2.45) is 0 Å². The molecule has 1 saturated heterocycles. The Balaban J connectivity index is 1.96. The standard InChI is InChI=1S/C24H26N6O3/c1-16-3-5-17(6-4-16)20-19(13-18(14-25)24(32)29-8-11-33-12-9-29)30(7-2-10-31)23-21(20)22(26)27-15-28-23/h3-6,13,15,31H,2,7-12H2,1H3,(H2,26,27,28)/b18-13+. The lowest BCUT2D eigenvalue weighted by atomic mass is 10.00. The second kappa shape index (κ2) is 9.81. The summed E-state index contributed by atoms with van der Waals surface area (Å²) in [5.74, 6) is -0.0281. The van der Waals surface area contributed by atoms with E-state index in [0.29, 0.717) is 61.8 Å². The highest BCUT2D eigenvalue weighted by molar-refractivity contribution is 6.08. The van der Waals surface area contributed by atoms with Gasteiger partial charge in [-0.2, -0.15) is 5.26 Å². The van der Waals surface area contributed by atoms with Gasteiger partial charge in [-0.3, -0.25) is 4.79 Å². The summed E-state index contributed by atoms with van der Waals surface area (Å²) in [6.07, 6.45) is 3.47. The number of fused-ring (bicyclic) bond motifs is 1. The molecule has 9 heteroatoms. The van der Waals surface area contributed by atoms with E-state index in [9.17, 15) is 15.2 Å². The number of anilines is 1. The molecule has 4 rings (SSSR count). The number of aromatic nitrogens is 3. The quantitative estimate of drug-likeness (QED) is 0.438. The van der Waals surface area contributed by atoms with E-state index in [4.69, 9.17) is 10.5 Å². The third-order valence-electron chi connectivity index (χ3n) is 5.72. The highest BCUT2D eigenvalue weighted by atomic mass is 16.5. The number of rotatable bonds is 6. The number of morpholine rings is 1. The predicted octanol–water partition coefficient (Wildman–Crippen LogP) is 2.14. The van der Waals surface area contributed by atoms with Crippen LogP contribution in [-0.4, -0.2) is 63.4 Å². The highest BCUT2D eigenvalue weighted by Gasteiger charge is 2.25. The number of aryl methyl sites for hydroxylation is 2. The van der Waals surface area contributed by atoms with Crippen LogP contribution in [0.25, 0.3) is 28.2 Å². The monoisotopic (exact) mass is 446 g/mol. The minimum atomic E-state index is -0.339. The van der Waals surface area contributed by atoms with Gasteiger partial charge in [-0.1, -0.05) is 29.8 Å². The molecule has 1 aromatic carbocycles. The summed E-state index contributed by atoms with van der Waals surface area (Å²) in [5, 5.41) is 20.0. The Kier molecular flexibility index (Phi) is 6.68. The smallest absolute Gasteiger partial charge is 0.264 e. The molecule has 2 aromatic heterocycles. The zero-order valence-electron chi connectivity index (χ0n) is 18.5. The van der Waals surface area contributed by atoms with Crippen molar-refractivity contribution in [3.8, 4) is 17.2 Å². The number of carbonyl (C=O) groups excluding carboxylic acids is 1. The van der Waals surface area contributed by atoms with E-state index in [1.165, 1.54) is 6.33 Å². The Bertz CT molecular complexity index is 1230. The Morgan fingerprint density at radius 2 is 2.00 bits per heavy atom. The van der Waals surface area contributed by atoms with Gasteiger partial charge in [0.15, 0.2) is 0 Å². The molecule has 0 atom stereocenters. The van der Waals surface area contributed by atoms with Crippen LogP contribution < -0.4 is 5.73 Å². The van der Waals surface area contributed by atoms with Crippen molar-refractivity contribution >= 4 is 28.8 Å². The molecule has 33 heavy (non-hydrogen) atoms. The topological polar surface area (TPSA) is 130 Å². The maximum atomic E-state index is 13.1. The minimum Gasteiger partial charge on any atom is -0.396 e. The van der Waals surface area contributed by atoms with Crippen LogP contribution in [0.4, 0.5) is 5.82 Å².